The number of hydrogen-bond donors (Lipinski definition) is 0. The summed E-state index contributed by atoms with van der Waals surface area (Å²) < 4.78 is 6.07. The van der Waals surface area contributed by atoms with Crippen LogP contribution >= 0.6 is 0 Å². The van der Waals surface area contributed by atoms with E-state index in [0.29, 0.717) is 6.61 Å². The molecule has 0 aliphatic carbocycles. The van der Waals surface area contributed by atoms with Crippen molar-refractivity contribution >= 4 is 5.69 Å². The Labute approximate surface area is 128 Å². The summed E-state index contributed by atoms with van der Waals surface area (Å²) in [6, 6.07) is 20.9. The summed E-state index contributed by atoms with van der Waals surface area (Å²) in [6.07, 6.45) is 2.43. The number of hydrogen-bond acceptors (Lipinski definition) is 2. The van der Waals surface area contributed by atoms with Crippen molar-refractivity contribution in [3.05, 3.63) is 66.2 Å². The van der Waals surface area contributed by atoms with Crippen LogP contribution in [0.15, 0.2) is 60.7 Å². The Hall–Kier alpha value is -1.80. The lowest BCUT2D eigenvalue weighted by Crippen LogP contribution is -2.35. The second-order valence-corrected chi connectivity index (χ2v) is 5.28. The van der Waals surface area contributed by atoms with Gasteiger partial charge in [-0.25, -0.2) is 0 Å². The minimum atomic E-state index is 0.0687. The van der Waals surface area contributed by atoms with Crippen molar-refractivity contribution < 1.29 is 4.74 Å². The molecule has 0 aliphatic heterocycles. The molecule has 0 aliphatic rings. The molecule has 112 valence electrons. The lowest BCUT2D eigenvalue weighted by molar-refractivity contribution is 0.0504. The van der Waals surface area contributed by atoms with Crippen LogP contribution in [0, 0.1) is 0 Å². The molecular formula is C19H25NO. The Morgan fingerprint density at radius 3 is 2.19 bits per heavy atom. The quantitative estimate of drug-likeness (QED) is 0.642. The van der Waals surface area contributed by atoms with Gasteiger partial charge in [-0.3, -0.25) is 0 Å². The fourth-order valence-electron chi connectivity index (χ4n) is 2.35. The van der Waals surface area contributed by atoms with E-state index in [-0.39, 0.29) is 6.23 Å². The van der Waals surface area contributed by atoms with Gasteiger partial charge >= 0.3 is 0 Å². The van der Waals surface area contributed by atoms with Gasteiger partial charge in [-0.2, -0.15) is 0 Å². The number of unbranched alkanes of at least 4 members (excludes halogenated alkanes) is 1. The molecular weight excluding hydrogens is 258 g/mol. The third-order valence-electron chi connectivity index (χ3n) is 3.61. The SMILES string of the molecule is CCCCN(c1ccccc1)C(C)OCc1ccccc1. The van der Waals surface area contributed by atoms with E-state index >= 15 is 0 Å². The van der Waals surface area contributed by atoms with Gasteiger partial charge in [0, 0.05) is 12.2 Å². The topological polar surface area (TPSA) is 12.5 Å². The molecule has 0 N–H and O–H groups in total. The number of rotatable bonds is 8. The molecule has 2 aromatic rings. The Bertz CT molecular complexity index is 497. The molecule has 0 saturated carbocycles. The summed E-state index contributed by atoms with van der Waals surface area (Å²) in [5.74, 6) is 0. The third kappa shape index (κ3) is 4.91. The van der Waals surface area contributed by atoms with E-state index in [1.54, 1.807) is 0 Å². The average Bonchev–Trinajstić information content (AvgIpc) is 2.55. The molecule has 1 unspecified atom stereocenters. The first-order valence-corrected chi connectivity index (χ1v) is 7.78. The van der Waals surface area contributed by atoms with E-state index in [9.17, 15) is 0 Å². The van der Waals surface area contributed by atoms with Crippen LogP contribution in [0.25, 0.3) is 0 Å². The standard InChI is InChI=1S/C19H25NO/c1-3-4-15-20(19-13-9-6-10-14-19)17(2)21-16-18-11-7-5-8-12-18/h5-14,17H,3-4,15-16H2,1-2H3. The van der Waals surface area contributed by atoms with E-state index in [4.69, 9.17) is 4.74 Å². The lowest BCUT2D eigenvalue weighted by atomic mass is 10.2. The van der Waals surface area contributed by atoms with E-state index in [2.05, 4.69) is 73.3 Å². The van der Waals surface area contributed by atoms with Gasteiger partial charge in [-0.05, 0) is 31.0 Å². The zero-order valence-electron chi connectivity index (χ0n) is 13.0. The predicted molar refractivity (Wildman–Crippen MR) is 89.4 cm³/mol. The van der Waals surface area contributed by atoms with Crippen LogP contribution in [0.2, 0.25) is 0 Å². The van der Waals surface area contributed by atoms with Crippen molar-refractivity contribution in [3.63, 3.8) is 0 Å². The summed E-state index contributed by atoms with van der Waals surface area (Å²) in [7, 11) is 0. The predicted octanol–water partition coefficient (Wildman–Crippen LogP) is 4.86. The molecule has 0 spiro atoms. The largest absolute Gasteiger partial charge is 0.354 e. The monoisotopic (exact) mass is 283 g/mol. The Balaban J connectivity index is 1.99. The average molecular weight is 283 g/mol. The number of anilines is 1. The van der Waals surface area contributed by atoms with Crippen LogP contribution in [0.4, 0.5) is 5.69 Å². The Morgan fingerprint density at radius 2 is 1.57 bits per heavy atom. The highest BCUT2D eigenvalue weighted by atomic mass is 16.5. The van der Waals surface area contributed by atoms with Crippen molar-refractivity contribution in [2.45, 2.75) is 39.5 Å². The van der Waals surface area contributed by atoms with Crippen molar-refractivity contribution in [1.82, 2.24) is 0 Å². The molecule has 21 heavy (non-hydrogen) atoms. The normalized spacial score (nSPS) is 12.1. The summed E-state index contributed by atoms with van der Waals surface area (Å²) in [5.41, 5.74) is 2.44. The fourth-order valence-corrected chi connectivity index (χ4v) is 2.35. The minimum absolute atomic E-state index is 0.0687. The highest BCUT2D eigenvalue weighted by molar-refractivity contribution is 5.46. The molecule has 0 heterocycles. The van der Waals surface area contributed by atoms with E-state index in [1.165, 1.54) is 24.1 Å². The molecule has 2 heteroatoms. The van der Waals surface area contributed by atoms with Gasteiger partial charge in [-0.1, -0.05) is 61.9 Å². The van der Waals surface area contributed by atoms with Crippen LogP contribution in [0.5, 0.6) is 0 Å². The maximum absolute atomic E-state index is 6.07. The fraction of sp³-hybridized carbons (Fsp3) is 0.368. The van der Waals surface area contributed by atoms with Crippen LogP contribution in [0.3, 0.4) is 0 Å². The molecule has 0 fully saturated rings. The highest BCUT2D eigenvalue weighted by Crippen LogP contribution is 2.19. The number of para-hydroxylation sites is 1. The van der Waals surface area contributed by atoms with Crippen molar-refractivity contribution in [2.75, 3.05) is 11.4 Å². The summed E-state index contributed by atoms with van der Waals surface area (Å²) in [4.78, 5) is 2.34. The second-order valence-electron chi connectivity index (χ2n) is 5.28. The Morgan fingerprint density at radius 1 is 0.952 bits per heavy atom. The first-order valence-electron chi connectivity index (χ1n) is 7.78. The lowest BCUT2D eigenvalue weighted by Gasteiger charge is -2.31. The maximum Gasteiger partial charge on any atom is 0.127 e. The van der Waals surface area contributed by atoms with Gasteiger partial charge in [0.05, 0.1) is 6.61 Å². The molecule has 1 atom stereocenters. The van der Waals surface area contributed by atoms with E-state index in [0.717, 1.165) is 6.54 Å². The zero-order valence-corrected chi connectivity index (χ0v) is 13.0. The molecule has 0 amide bonds. The molecule has 0 saturated heterocycles. The van der Waals surface area contributed by atoms with Gasteiger partial charge < -0.3 is 9.64 Å². The number of nitrogens with zero attached hydrogens (tertiary/aromatic N) is 1. The van der Waals surface area contributed by atoms with Crippen LogP contribution < -0.4 is 4.90 Å². The van der Waals surface area contributed by atoms with Gasteiger partial charge in [0.2, 0.25) is 0 Å². The molecule has 0 bridgehead atoms. The van der Waals surface area contributed by atoms with Gasteiger partial charge in [0.1, 0.15) is 6.23 Å². The molecule has 0 radical (unpaired) electrons. The van der Waals surface area contributed by atoms with Gasteiger partial charge in [0.15, 0.2) is 0 Å². The first-order chi connectivity index (χ1) is 10.3. The van der Waals surface area contributed by atoms with E-state index < -0.39 is 0 Å². The van der Waals surface area contributed by atoms with Gasteiger partial charge in [-0.15, -0.1) is 0 Å². The molecule has 2 rings (SSSR count). The van der Waals surface area contributed by atoms with Crippen LogP contribution in [-0.4, -0.2) is 12.8 Å². The maximum atomic E-state index is 6.07. The summed E-state index contributed by atoms with van der Waals surface area (Å²) in [5, 5.41) is 0. The summed E-state index contributed by atoms with van der Waals surface area (Å²) >= 11 is 0. The molecule has 2 nitrogen and oxygen atoms in total. The van der Waals surface area contributed by atoms with E-state index in [1.807, 2.05) is 6.07 Å². The number of benzene rings is 2. The first kappa shape index (κ1) is 15.6. The minimum Gasteiger partial charge on any atom is -0.354 e. The van der Waals surface area contributed by atoms with Gasteiger partial charge in [0.25, 0.3) is 0 Å². The van der Waals surface area contributed by atoms with Crippen molar-refractivity contribution in [2.24, 2.45) is 0 Å². The smallest absolute Gasteiger partial charge is 0.127 e. The summed E-state index contributed by atoms with van der Waals surface area (Å²) in [6.45, 7) is 6.03. The second kappa shape index (κ2) is 8.48. The zero-order chi connectivity index (χ0) is 14.9. The van der Waals surface area contributed by atoms with Crippen LogP contribution in [-0.2, 0) is 11.3 Å². The number of ether oxygens (including phenoxy) is 1. The third-order valence-corrected chi connectivity index (χ3v) is 3.61. The Kier molecular flexibility index (Phi) is 6.29. The van der Waals surface area contributed by atoms with Crippen molar-refractivity contribution in [1.29, 1.82) is 0 Å². The molecule has 0 aromatic heterocycles. The molecule has 2 aromatic carbocycles. The van der Waals surface area contributed by atoms with Crippen LogP contribution in [0.1, 0.15) is 32.3 Å². The highest BCUT2D eigenvalue weighted by Gasteiger charge is 2.14. The van der Waals surface area contributed by atoms with Crippen molar-refractivity contribution in [3.8, 4) is 0 Å².